The largest absolute Gasteiger partial charge is 0.481 e. The van der Waals surface area contributed by atoms with Crippen molar-refractivity contribution in [3.05, 3.63) is 59.9 Å². The van der Waals surface area contributed by atoms with Crippen LogP contribution in [0, 0.1) is 12.3 Å². The molecule has 0 spiro atoms. The van der Waals surface area contributed by atoms with E-state index in [1.54, 1.807) is 0 Å². The number of imidazole rings is 1. The van der Waals surface area contributed by atoms with Crippen molar-refractivity contribution in [2.75, 3.05) is 13.7 Å². The third-order valence-corrected chi connectivity index (χ3v) is 4.01. The van der Waals surface area contributed by atoms with Gasteiger partial charge in [0.2, 0.25) is 0 Å². The Morgan fingerprint density at radius 2 is 1.88 bits per heavy atom. The molecule has 1 aromatic heterocycles. The lowest BCUT2D eigenvalue weighted by atomic mass is 10.2. The van der Waals surface area contributed by atoms with E-state index < -0.39 is 0 Å². The normalized spacial score (nSPS) is 10.9. The van der Waals surface area contributed by atoms with Crippen molar-refractivity contribution in [2.24, 2.45) is 7.05 Å². The zero-order valence-corrected chi connectivity index (χ0v) is 14.1. The summed E-state index contributed by atoms with van der Waals surface area (Å²) in [6.45, 7) is 1.81. The third-order valence-electron chi connectivity index (χ3n) is 4.01. The van der Waals surface area contributed by atoms with Crippen LogP contribution in [0.4, 0.5) is 0 Å². The van der Waals surface area contributed by atoms with Crippen molar-refractivity contribution < 1.29 is 4.74 Å². The SMILES string of the molecule is C#CCOc1ccccc1CN(C)Cc1nc2ccccc2n1C. The first-order chi connectivity index (χ1) is 11.7. The van der Waals surface area contributed by atoms with Crippen molar-refractivity contribution >= 4 is 11.0 Å². The quantitative estimate of drug-likeness (QED) is 0.654. The molecule has 0 aliphatic heterocycles. The molecule has 122 valence electrons. The smallest absolute Gasteiger partial charge is 0.148 e. The predicted octanol–water partition coefficient (Wildman–Crippen LogP) is 3.22. The first-order valence-electron chi connectivity index (χ1n) is 7.92. The van der Waals surface area contributed by atoms with Gasteiger partial charge in [0.15, 0.2) is 0 Å². The fourth-order valence-corrected chi connectivity index (χ4v) is 2.82. The predicted molar refractivity (Wildman–Crippen MR) is 96.7 cm³/mol. The van der Waals surface area contributed by atoms with Gasteiger partial charge in [-0.15, -0.1) is 6.42 Å². The average molecular weight is 319 g/mol. The Hall–Kier alpha value is -2.77. The molecule has 0 atom stereocenters. The molecule has 0 radical (unpaired) electrons. The first-order valence-corrected chi connectivity index (χ1v) is 7.92. The fraction of sp³-hybridized carbons (Fsp3) is 0.250. The Balaban J connectivity index is 1.75. The lowest BCUT2D eigenvalue weighted by Crippen LogP contribution is -2.20. The summed E-state index contributed by atoms with van der Waals surface area (Å²) in [7, 11) is 4.14. The standard InChI is InChI=1S/C20H21N3O/c1-4-13-24-19-12-8-5-9-16(19)14-22(2)15-20-21-17-10-6-7-11-18(17)23(20)3/h1,5-12H,13-15H2,2-3H3. The van der Waals surface area contributed by atoms with Crippen molar-refractivity contribution in [1.29, 1.82) is 0 Å². The molecule has 0 N–H and O–H groups in total. The summed E-state index contributed by atoms with van der Waals surface area (Å²) in [5.41, 5.74) is 3.30. The summed E-state index contributed by atoms with van der Waals surface area (Å²) in [6.07, 6.45) is 5.29. The van der Waals surface area contributed by atoms with Crippen LogP contribution in [-0.2, 0) is 20.1 Å². The van der Waals surface area contributed by atoms with Crippen LogP contribution in [0.15, 0.2) is 48.5 Å². The Kier molecular flexibility index (Phi) is 4.83. The third kappa shape index (κ3) is 3.42. The molecule has 0 bridgehead atoms. The molecular weight excluding hydrogens is 298 g/mol. The van der Waals surface area contributed by atoms with E-state index in [2.05, 4.69) is 41.6 Å². The van der Waals surface area contributed by atoms with Gasteiger partial charge in [-0.05, 0) is 25.2 Å². The number of terminal acetylenes is 1. The summed E-state index contributed by atoms with van der Waals surface area (Å²) in [5.74, 6) is 4.39. The topological polar surface area (TPSA) is 30.3 Å². The maximum absolute atomic E-state index is 5.63. The van der Waals surface area contributed by atoms with E-state index in [0.717, 1.165) is 41.3 Å². The van der Waals surface area contributed by atoms with E-state index in [0.29, 0.717) is 0 Å². The molecule has 24 heavy (non-hydrogen) atoms. The molecule has 0 saturated heterocycles. The number of benzene rings is 2. The number of ether oxygens (including phenoxy) is 1. The molecule has 3 aromatic rings. The Morgan fingerprint density at radius 1 is 1.12 bits per heavy atom. The van der Waals surface area contributed by atoms with Gasteiger partial charge in [-0.3, -0.25) is 4.90 Å². The summed E-state index contributed by atoms with van der Waals surface area (Å²) in [5, 5.41) is 0. The van der Waals surface area contributed by atoms with Crippen molar-refractivity contribution in [3.63, 3.8) is 0 Å². The highest BCUT2D eigenvalue weighted by atomic mass is 16.5. The highest BCUT2D eigenvalue weighted by molar-refractivity contribution is 5.75. The fourth-order valence-electron chi connectivity index (χ4n) is 2.82. The van der Waals surface area contributed by atoms with Gasteiger partial charge < -0.3 is 9.30 Å². The van der Waals surface area contributed by atoms with Gasteiger partial charge in [0.1, 0.15) is 18.2 Å². The number of hydrogen-bond donors (Lipinski definition) is 0. The molecule has 3 rings (SSSR count). The molecule has 4 nitrogen and oxygen atoms in total. The van der Waals surface area contributed by atoms with Crippen molar-refractivity contribution in [3.8, 4) is 18.1 Å². The Bertz CT molecular complexity index is 876. The monoisotopic (exact) mass is 319 g/mol. The van der Waals surface area contributed by atoms with Crippen molar-refractivity contribution in [1.82, 2.24) is 14.5 Å². The highest BCUT2D eigenvalue weighted by Gasteiger charge is 2.11. The molecule has 0 aliphatic carbocycles. The molecule has 0 unspecified atom stereocenters. The number of aromatic nitrogens is 2. The number of aryl methyl sites for hydroxylation is 1. The molecule has 0 aliphatic rings. The molecule has 4 heteroatoms. The van der Waals surface area contributed by atoms with Crippen LogP contribution < -0.4 is 4.74 Å². The number of para-hydroxylation sites is 3. The van der Waals surface area contributed by atoms with E-state index in [1.165, 1.54) is 0 Å². The van der Waals surface area contributed by atoms with Crippen LogP contribution in [-0.4, -0.2) is 28.1 Å². The molecular formula is C20H21N3O. The van der Waals surface area contributed by atoms with Gasteiger partial charge in [0, 0.05) is 19.2 Å². The number of nitrogens with zero attached hydrogens (tertiary/aromatic N) is 3. The van der Waals surface area contributed by atoms with Gasteiger partial charge in [0.25, 0.3) is 0 Å². The minimum atomic E-state index is 0.283. The molecule has 1 heterocycles. The summed E-state index contributed by atoms with van der Waals surface area (Å²) >= 11 is 0. The van der Waals surface area contributed by atoms with Gasteiger partial charge in [-0.1, -0.05) is 36.3 Å². The number of fused-ring (bicyclic) bond motifs is 1. The lowest BCUT2D eigenvalue weighted by molar-refractivity contribution is 0.296. The zero-order chi connectivity index (χ0) is 16.9. The van der Waals surface area contributed by atoms with Crippen LogP contribution in [0.25, 0.3) is 11.0 Å². The van der Waals surface area contributed by atoms with Crippen LogP contribution in [0.1, 0.15) is 11.4 Å². The molecule has 2 aromatic carbocycles. The Labute approximate surface area is 142 Å². The summed E-state index contributed by atoms with van der Waals surface area (Å²) in [4.78, 5) is 6.95. The number of hydrogen-bond acceptors (Lipinski definition) is 3. The highest BCUT2D eigenvalue weighted by Crippen LogP contribution is 2.21. The van der Waals surface area contributed by atoms with Gasteiger partial charge >= 0.3 is 0 Å². The Morgan fingerprint density at radius 3 is 2.67 bits per heavy atom. The molecule has 0 fully saturated rings. The second kappa shape index (κ2) is 7.20. The van der Waals surface area contributed by atoms with Crippen LogP contribution >= 0.6 is 0 Å². The van der Waals surface area contributed by atoms with E-state index in [1.807, 2.05) is 36.4 Å². The van der Waals surface area contributed by atoms with Crippen molar-refractivity contribution in [2.45, 2.75) is 13.1 Å². The zero-order valence-electron chi connectivity index (χ0n) is 14.1. The maximum atomic E-state index is 5.63. The second-order valence-electron chi connectivity index (χ2n) is 5.85. The minimum Gasteiger partial charge on any atom is -0.481 e. The van der Waals surface area contributed by atoms with E-state index in [9.17, 15) is 0 Å². The molecule has 0 amide bonds. The number of rotatable bonds is 6. The summed E-state index contributed by atoms with van der Waals surface area (Å²) < 4.78 is 7.77. The van der Waals surface area contributed by atoms with Gasteiger partial charge in [0.05, 0.1) is 17.6 Å². The van der Waals surface area contributed by atoms with Crippen LogP contribution in [0.3, 0.4) is 0 Å². The average Bonchev–Trinajstić information content (AvgIpc) is 2.90. The minimum absolute atomic E-state index is 0.283. The summed E-state index contributed by atoms with van der Waals surface area (Å²) in [6, 6.07) is 16.2. The van der Waals surface area contributed by atoms with Crippen LogP contribution in [0.5, 0.6) is 5.75 Å². The maximum Gasteiger partial charge on any atom is 0.148 e. The van der Waals surface area contributed by atoms with E-state index >= 15 is 0 Å². The van der Waals surface area contributed by atoms with Crippen LogP contribution in [0.2, 0.25) is 0 Å². The van der Waals surface area contributed by atoms with E-state index in [-0.39, 0.29) is 6.61 Å². The first kappa shape index (κ1) is 16.1. The lowest BCUT2D eigenvalue weighted by Gasteiger charge is -2.18. The van der Waals surface area contributed by atoms with Gasteiger partial charge in [-0.25, -0.2) is 4.98 Å². The second-order valence-corrected chi connectivity index (χ2v) is 5.85. The molecule has 0 saturated carbocycles. The van der Waals surface area contributed by atoms with Gasteiger partial charge in [-0.2, -0.15) is 0 Å². The van der Waals surface area contributed by atoms with E-state index in [4.69, 9.17) is 16.1 Å².